The van der Waals surface area contributed by atoms with Gasteiger partial charge in [-0.1, -0.05) is 69.0 Å². The molecule has 0 aromatic heterocycles. The molecule has 0 amide bonds. The van der Waals surface area contributed by atoms with Crippen LogP contribution in [0.2, 0.25) is 0 Å². The second kappa shape index (κ2) is 8.76. The third-order valence-electron chi connectivity index (χ3n) is 5.62. The average molecular weight is 339 g/mol. The summed E-state index contributed by atoms with van der Waals surface area (Å²) in [6.07, 6.45) is 11.1. The Labute approximate surface area is 153 Å². The molecule has 128 valence electrons. The Hall–Kier alpha value is -1.21. The van der Waals surface area contributed by atoms with E-state index in [1.165, 1.54) is 68.1 Å². The minimum absolute atomic E-state index is 0.703. The molecule has 0 aliphatic heterocycles. The van der Waals surface area contributed by atoms with Gasteiger partial charge >= 0.3 is 0 Å². The highest BCUT2D eigenvalue weighted by molar-refractivity contribution is 7.80. The fourth-order valence-corrected chi connectivity index (χ4v) is 4.43. The van der Waals surface area contributed by atoms with Gasteiger partial charge in [0.25, 0.3) is 0 Å². The third kappa shape index (κ3) is 4.45. The van der Waals surface area contributed by atoms with Crippen LogP contribution in [-0.4, -0.2) is 0 Å². The van der Waals surface area contributed by atoms with E-state index in [2.05, 4.69) is 68.1 Å². The lowest BCUT2D eigenvalue weighted by atomic mass is 9.75. The lowest BCUT2D eigenvalue weighted by Gasteiger charge is -2.30. The molecule has 1 fully saturated rings. The number of hydrogen-bond donors (Lipinski definition) is 1. The summed E-state index contributed by atoms with van der Waals surface area (Å²) in [5.74, 6) is 1.67. The number of unbranched alkanes of at least 4 members (excludes halogenated alkanes) is 2. The molecule has 1 aliphatic rings. The van der Waals surface area contributed by atoms with Gasteiger partial charge in [-0.2, -0.15) is 0 Å². The van der Waals surface area contributed by atoms with Gasteiger partial charge in [0.2, 0.25) is 0 Å². The van der Waals surface area contributed by atoms with Crippen LogP contribution in [0.1, 0.15) is 69.8 Å². The van der Waals surface area contributed by atoms with E-state index in [0.29, 0.717) is 5.92 Å². The normalized spacial score (nSPS) is 20.9. The van der Waals surface area contributed by atoms with Crippen molar-refractivity contribution in [1.82, 2.24) is 0 Å². The van der Waals surface area contributed by atoms with Gasteiger partial charge in [-0.15, -0.1) is 12.6 Å². The van der Waals surface area contributed by atoms with Gasteiger partial charge < -0.3 is 0 Å². The Kier molecular flexibility index (Phi) is 6.43. The van der Waals surface area contributed by atoms with Crippen LogP contribution in [0.5, 0.6) is 0 Å². The highest BCUT2D eigenvalue weighted by atomic mass is 32.1. The van der Waals surface area contributed by atoms with Crippen molar-refractivity contribution in [2.45, 2.75) is 69.1 Å². The van der Waals surface area contributed by atoms with Gasteiger partial charge in [-0.25, -0.2) is 0 Å². The molecule has 0 N–H and O–H groups in total. The molecule has 0 saturated heterocycles. The zero-order chi connectivity index (χ0) is 16.8. The van der Waals surface area contributed by atoms with Crippen molar-refractivity contribution in [3.05, 3.63) is 54.1 Å². The minimum atomic E-state index is 0.703. The van der Waals surface area contributed by atoms with Crippen LogP contribution in [0.4, 0.5) is 0 Å². The first-order valence-electron chi connectivity index (χ1n) is 9.66. The fraction of sp³-hybridized carbons (Fsp3) is 0.478. The Bertz CT molecular complexity index is 624. The summed E-state index contributed by atoms with van der Waals surface area (Å²) in [6.45, 7) is 2.30. The van der Waals surface area contributed by atoms with Crippen LogP contribution in [0.3, 0.4) is 0 Å². The Morgan fingerprint density at radius 1 is 0.917 bits per heavy atom. The summed E-state index contributed by atoms with van der Waals surface area (Å²) in [6, 6.07) is 17.5. The van der Waals surface area contributed by atoms with E-state index in [1.54, 1.807) is 0 Å². The van der Waals surface area contributed by atoms with E-state index >= 15 is 0 Å². The number of hydrogen-bond acceptors (Lipinski definition) is 1. The van der Waals surface area contributed by atoms with Gasteiger partial charge in [0.1, 0.15) is 0 Å². The predicted molar refractivity (Wildman–Crippen MR) is 108 cm³/mol. The molecule has 2 aromatic carbocycles. The molecule has 0 radical (unpaired) electrons. The zero-order valence-electron chi connectivity index (χ0n) is 14.9. The van der Waals surface area contributed by atoms with E-state index in [1.807, 2.05) is 0 Å². The van der Waals surface area contributed by atoms with Crippen molar-refractivity contribution in [2.24, 2.45) is 5.92 Å². The molecule has 1 aliphatic carbocycles. The predicted octanol–water partition coefficient (Wildman–Crippen LogP) is 7.50. The lowest BCUT2D eigenvalue weighted by Crippen LogP contribution is -2.14. The van der Waals surface area contributed by atoms with Gasteiger partial charge in [0.05, 0.1) is 0 Å². The maximum atomic E-state index is 4.61. The zero-order valence-corrected chi connectivity index (χ0v) is 15.8. The van der Waals surface area contributed by atoms with Crippen LogP contribution >= 0.6 is 12.6 Å². The van der Waals surface area contributed by atoms with Gasteiger partial charge in [-0.3, -0.25) is 0 Å². The lowest BCUT2D eigenvalue weighted by molar-refractivity contribution is 0.303. The van der Waals surface area contributed by atoms with E-state index in [0.717, 1.165) is 10.8 Å². The quantitative estimate of drug-likeness (QED) is 0.409. The number of benzene rings is 2. The minimum Gasteiger partial charge on any atom is -0.143 e. The molecule has 3 rings (SSSR count). The maximum absolute atomic E-state index is 4.61. The summed E-state index contributed by atoms with van der Waals surface area (Å²) in [5, 5.41) is 0. The standard InChI is InChI=1S/C23H30S/c1-2-3-5-8-18-11-13-20(14-12-18)23-17-21(24)15-16-22(23)19-9-6-4-7-10-19/h4,6-7,9-10,15-18,20,24H,2-3,5,8,11-14H2,1H3. The Morgan fingerprint density at radius 3 is 2.38 bits per heavy atom. The molecule has 24 heavy (non-hydrogen) atoms. The Balaban J connectivity index is 1.72. The topological polar surface area (TPSA) is 0 Å². The summed E-state index contributed by atoms with van der Waals surface area (Å²) in [5.41, 5.74) is 4.26. The van der Waals surface area contributed by atoms with Gasteiger partial charge in [0, 0.05) is 4.90 Å². The van der Waals surface area contributed by atoms with Crippen molar-refractivity contribution in [1.29, 1.82) is 0 Å². The summed E-state index contributed by atoms with van der Waals surface area (Å²) < 4.78 is 0. The third-order valence-corrected chi connectivity index (χ3v) is 5.90. The monoisotopic (exact) mass is 338 g/mol. The van der Waals surface area contributed by atoms with Crippen molar-refractivity contribution >= 4 is 12.6 Å². The fourth-order valence-electron chi connectivity index (χ4n) is 4.21. The van der Waals surface area contributed by atoms with Crippen molar-refractivity contribution in [2.75, 3.05) is 0 Å². The largest absolute Gasteiger partial charge is 0.143 e. The molecule has 0 nitrogen and oxygen atoms in total. The van der Waals surface area contributed by atoms with Gasteiger partial charge in [-0.05, 0) is 66.3 Å². The molecule has 2 aromatic rings. The maximum Gasteiger partial charge on any atom is 0.00432 e. The summed E-state index contributed by atoms with van der Waals surface area (Å²) in [7, 11) is 0. The first-order valence-corrected chi connectivity index (χ1v) is 10.1. The van der Waals surface area contributed by atoms with Crippen molar-refractivity contribution < 1.29 is 0 Å². The second-order valence-electron chi connectivity index (χ2n) is 7.35. The molecule has 0 heterocycles. The average Bonchev–Trinajstić information content (AvgIpc) is 2.63. The van der Waals surface area contributed by atoms with Crippen molar-refractivity contribution in [3.63, 3.8) is 0 Å². The van der Waals surface area contributed by atoms with Crippen LogP contribution < -0.4 is 0 Å². The van der Waals surface area contributed by atoms with Crippen LogP contribution in [-0.2, 0) is 0 Å². The highest BCUT2D eigenvalue weighted by Crippen LogP contribution is 2.41. The first kappa shape index (κ1) is 17.6. The van der Waals surface area contributed by atoms with Crippen LogP contribution in [0.25, 0.3) is 11.1 Å². The smallest absolute Gasteiger partial charge is 0.00432 e. The van der Waals surface area contributed by atoms with Crippen LogP contribution in [0, 0.1) is 5.92 Å². The van der Waals surface area contributed by atoms with E-state index in [4.69, 9.17) is 0 Å². The van der Waals surface area contributed by atoms with Crippen LogP contribution in [0.15, 0.2) is 53.4 Å². The Morgan fingerprint density at radius 2 is 1.67 bits per heavy atom. The molecular weight excluding hydrogens is 308 g/mol. The molecule has 1 saturated carbocycles. The molecule has 0 bridgehead atoms. The molecule has 0 unspecified atom stereocenters. The van der Waals surface area contributed by atoms with E-state index in [9.17, 15) is 0 Å². The summed E-state index contributed by atoms with van der Waals surface area (Å²) in [4.78, 5) is 1.09. The number of rotatable bonds is 6. The SMILES string of the molecule is CCCCCC1CCC(c2cc(S)ccc2-c2ccccc2)CC1. The van der Waals surface area contributed by atoms with Gasteiger partial charge in [0.15, 0.2) is 0 Å². The van der Waals surface area contributed by atoms with E-state index in [-0.39, 0.29) is 0 Å². The molecule has 1 heteroatoms. The highest BCUT2D eigenvalue weighted by Gasteiger charge is 2.24. The molecular formula is C23H30S. The molecule has 0 atom stereocenters. The molecule has 0 spiro atoms. The second-order valence-corrected chi connectivity index (χ2v) is 7.87. The summed E-state index contributed by atoms with van der Waals surface area (Å²) >= 11 is 4.61. The van der Waals surface area contributed by atoms with E-state index < -0.39 is 0 Å². The first-order chi connectivity index (χ1) is 11.8. The number of thiol groups is 1. The van der Waals surface area contributed by atoms with Crippen molar-refractivity contribution in [3.8, 4) is 11.1 Å².